The monoisotopic (exact) mass is 252 g/mol. The third-order valence-corrected chi connectivity index (χ3v) is 2.24. The van der Waals surface area contributed by atoms with Crippen molar-refractivity contribution in [2.45, 2.75) is 20.0 Å². The average molecular weight is 252 g/mol. The molecule has 1 aromatic rings. The van der Waals surface area contributed by atoms with Gasteiger partial charge in [-0.1, -0.05) is 0 Å². The van der Waals surface area contributed by atoms with Gasteiger partial charge in [0.1, 0.15) is 5.69 Å². The lowest BCUT2D eigenvalue weighted by Crippen LogP contribution is -2.32. The van der Waals surface area contributed by atoms with E-state index < -0.39 is 5.97 Å². The second-order valence-electron chi connectivity index (χ2n) is 3.71. The van der Waals surface area contributed by atoms with E-state index in [-0.39, 0.29) is 23.3 Å². The number of hydrogen-bond acceptors (Lipinski definition) is 4. The lowest BCUT2D eigenvalue weighted by molar-refractivity contribution is 0.0689. The molecular formula is C12H16N2O4. The Morgan fingerprint density at radius 2 is 2.22 bits per heavy atom. The van der Waals surface area contributed by atoms with Crippen LogP contribution in [0.5, 0.6) is 0 Å². The zero-order chi connectivity index (χ0) is 13.5. The fourth-order valence-corrected chi connectivity index (χ4v) is 1.33. The van der Waals surface area contributed by atoms with Crippen molar-refractivity contribution in [2.24, 2.45) is 0 Å². The first-order valence-electron chi connectivity index (χ1n) is 5.63. The van der Waals surface area contributed by atoms with Crippen LogP contribution in [-0.2, 0) is 4.74 Å². The number of nitrogens with zero attached hydrogens (tertiary/aromatic N) is 1. The molecule has 1 aromatic heterocycles. The smallest absolute Gasteiger partial charge is 0.337 e. The van der Waals surface area contributed by atoms with E-state index in [1.54, 1.807) is 0 Å². The Bertz CT molecular complexity index is 417. The van der Waals surface area contributed by atoms with Crippen molar-refractivity contribution in [3.05, 3.63) is 29.6 Å². The second kappa shape index (κ2) is 6.70. The number of pyridine rings is 1. The predicted molar refractivity (Wildman–Crippen MR) is 64.6 cm³/mol. The van der Waals surface area contributed by atoms with Crippen molar-refractivity contribution in [3.8, 4) is 0 Å². The fourth-order valence-electron chi connectivity index (χ4n) is 1.33. The Morgan fingerprint density at radius 3 is 2.72 bits per heavy atom. The van der Waals surface area contributed by atoms with Crippen molar-refractivity contribution in [3.63, 3.8) is 0 Å². The van der Waals surface area contributed by atoms with E-state index in [0.717, 1.165) is 6.20 Å². The summed E-state index contributed by atoms with van der Waals surface area (Å²) in [6, 6.07) is 2.72. The van der Waals surface area contributed by atoms with Crippen LogP contribution in [0.3, 0.4) is 0 Å². The fraction of sp³-hybridized carbons (Fsp3) is 0.417. The number of rotatable bonds is 6. The summed E-state index contributed by atoms with van der Waals surface area (Å²) in [6.45, 7) is 4.70. The number of hydrogen-bond donors (Lipinski definition) is 2. The number of aromatic nitrogens is 1. The molecule has 0 saturated heterocycles. The van der Waals surface area contributed by atoms with E-state index in [0.29, 0.717) is 13.2 Å². The molecule has 1 heterocycles. The molecule has 1 atom stereocenters. The molecule has 18 heavy (non-hydrogen) atoms. The molecule has 0 aliphatic rings. The van der Waals surface area contributed by atoms with Crippen LogP contribution < -0.4 is 5.32 Å². The Kier molecular flexibility index (Phi) is 5.26. The first-order chi connectivity index (χ1) is 8.54. The molecule has 0 aliphatic carbocycles. The summed E-state index contributed by atoms with van der Waals surface area (Å²) in [5.41, 5.74) is 0.234. The van der Waals surface area contributed by atoms with E-state index in [1.165, 1.54) is 12.1 Å². The SMILES string of the molecule is CCOC(C)CNC(=O)c1ccc(C(=O)O)cn1. The van der Waals surface area contributed by atoms with Gasteiger partial charge in [-0.15, -0.1) is 0 Å². The van der Waals surface area contributed by atoms with Gasteiger partial charge in [-0.05, 0) is 26.0 Å². The first kappa shape index (κ1) is 14.1. The van der Waals surface area contributed by atoms with Crippen LogP contribution in [0.4, 0.5) is 0 Å². The van der Waals surface area contributed by atoms with Crippen molar-refractivity contribution in [1.82, 2.24) is 10.3 Å². The third-order valence-electron chi connectivity index (χ3n) is 2.24. The molecule has 1 rings (SSSR count). The molecular weight excluding hydrogens is 236 g/mol. The van der Waals surface area contributed by atoms with Gasteiger partial charge in [0.2, 0.25) is 0 Å². The quantitative estimate of drug-likeness (QED) is 0.786. The van der Waals surface area contributed by atoms with Crippen LogP contribution in [0.2, 0.25) is 0 Å². The number of amides is 1. The van der Waals surface area contributed by atoms with Gasteiger partial charge in [-0.25, -0.2) is 4.79 Å². The molecule has 6 heteroatoms. The molecule has 0 spiro atoms. The topological polar surface area (TPSA) is 88.5 Å². The number of aromatic carboxylic acids is 1. The Morgan fingerprint density at radius 1 is 1.50 bits per heavy atom. The molecule has 98 valence electrons. The van der Waals surface area contributed by atoms with Gasteiger partial charge in [0, 0.05) is 19.3 Å². The molecule has 0 saturated carbocycles. The van der Waals surface area contributed by atoms with Gasteiger partial charge >= 0.3 is 5.97 Å². The lowest BCUT2D eigenvalue weighted by atomic mass is 10.2. The lowest BCUT2D eigenvalue weighted by Gasteiger charge is -2.12. The van der Waals surface area contributed by atoms with E-state index in [2.05, 4.69) is 10.3 Å². The van der Waals surface area contributed by atoms with Gasteiger partial charge in [0.05, 0.1) is 11.7 Å². The van der Waals surface area contributed by atoms with Gasteiger partial charge in [-0.3, -0.25) is 9.78 Å². The Labute approximate surface area is 105 Å². The molecule has 2 N–H and O–H groups in total. The zero-order valence-electron chi connectivity index (χ0n) is 10.3. The molecule has 0 aromatic carbocycles. The summed E-state index contributed by atoms with van der Waals surface area (Å²) >= 11 is 0. The highest BCUT2D eigenvalue weighted by atomic mass is 16.5. The molecule has 6 nitrogen and oxygen atoms in total. The Balaban J connectivity index is 2.54. The van der Waals surface area contributed by atoms with E-state index >= 15 is 0 Å². The summed E-state index contributed by atoms with van der Waals surface area (Å²) < 4.78 is 5.27. The van der Waals surface area contributed by atoms with Gasteiger partial charge < -0.3 is 15.2 Å². The highest BCUT2D eigenvalue weighted by Gasteiger charge is 2.10. The van der Waals surface area contributed by atoms with E-state index in [1.807, 2.05) is 13.8 Å². The number of carbonyl (C=O) groups excluding carboxylic acids is 1. The summed E-state index contributed by atoms with van der Waals surface area (Å²) in [6.07, 6.45) is 1.08. The molecule has 1 unspecified atom stereocenters. The summed E-state index contributed by atoms with van der Waals surface area (Å²) in [4.78, 5) is 26.1. The maximum absolute atomic E-state index is 11.7. The van der Waals surface area contributed by atoms with Crippen LogP contribution in [0.15, 0.2) is 18.3 Å². The van der Waals surface area contributed by atoms with Crippen LogP contribution in [-0.4, -0.2) is 41.2 Å². The van der Waals surface area contributed by atoms with Crippen molar-refractivity contribution < 1.29 is 19.4 Å². The standard InChI is InChI=1S/C12H16N2O4/c1-3-18-8(2)6-14-11(15)10-5-4-9(7-13-10)12(16)17/h4-5,7-8H,3,6H2,1-2H3,(H,14,15)(H,16,17). The van der Waals surface area contributed by atoms with Crippen molar-refractivity contribution in [2.75, 3.05) is 13.2 Å². The molecule has 1 amide bonds. The van der Waals surface area contributed by atoms with Gasteiger partial charge in [0.15, 0.2) is 0 Å². The van der Waals surface area contributed by atoms with Gasteiger partial charge in [0.25, 0.3) is 5.91 Å². The van der Waals surface area contributed by atoms with E-state index in [4.69, 9.17) is 9.84 Å². The highest BCUT2D eigenvalue weighted by Crippen LogP contribution is 2.00. The molecule has 0 bridgehead atoms. The normalized spacial score (nSPS) is 11.9. The minimum absolute atomic E-state index is 0.0502. The van der Waals surface area contributed by atoms with Crippen LogP contribution >= 0.6 is 0 Å². The number of carbonyl (C=O) groups is 2. The van der Waals surface area contributed by atoms with Crippen molar-refractivity contribution >= 4 is 11.9 Å². The van der Waals surface area contributed by atoms with Crippen LogP contribution in [0.25, 0.3) is 0 Å². The summed E-state index contributed by atoms with van der Waals surface area (Å²) in [5, 5.41) is 11.4. The predicted octanol–water partition coefficient (Wildman–Crippen LogP) is 0.935. The van der Waals surface area contributed by atoms with Crippen LogP contribution in [0, 0.1) is 0 Å². The zero-order valence-corrected chi connectivity index (χ0v) is 10.3. The van der Waals surface area contributed by atoms with Crippen LogP contribution in [0.1, 0.15) is 34.7 Å². The summed E-state index contributed by atoms with van der Waals surface area (Å²) in [5.74, 6) is -1.42. The maximum Gasteiger partial charge on any atom is 0.337 e. The maximum atomic E-state index is 11.7. The number of nitrogens with one attached hydrogen (secondary N) is 1. The minimum Gasteiger partial charge on any atom is -0.478 e. The number of carboxylic acid groups (broad SMARTS) is 1. The largest absolute Gasteiger partial charge is 0.478 e. The average Bonchev–Trinajstić information content (AvgIpc) is 2.36. The first-order valence-corrected chi connectivity index (χ1v) is 5.63. The third kappa shape index (κ3) is 4.14. The highest BCUT2D eigenvalue weighted by molar-refractivity contribution is 5.93. The second-order valence-corrected chi connectivity index (χ2v) is 3.71. The van der Waals surface area contributed by atoms with Crippen molar-refractivity contribution in [1.29, 1.82) is 0 Å². The number of carboxylic acids is 1. The Hall–Kier alpha value is -1.95. The molecule has 0 aliphatic heterocycles. The number of ether oxygens (including phenoxy) is 1. The summed E-state index contributed by atoms with van der Waals surface area (Å²) in [7, 11) is 0. The van der Waals surface area contributed by atoms with Gasteiger partial charge in [-0.2, -0.15) is 0 Å². The van der Waals surface area contributed by atoms with E-state index in [9.17, 15) is 9.59 Å². The molecule has 0 fully saturated rings. The molecule has 0 radical (unpaired) electrons. The minimum atomic E-state index is -1.07.